The summed E-state index contributed by atoms with van der Waals surface area (Å²) in [7, 11) is -9.01. The van der Waals surface area contributed by atoms with Gasteiger partial charge in [0.1, 0.15) is 62.7 Å². The lowest BCUT2D eigenvalue weighted by molar-refractivity contribution is -0.136. The van der Waals surface area contributed by atoms with Crippen LogP contribution in [-0.2, 0) is 160 Å². The van der Waals surface area contributed by atoms with Gasteiger partial charge in [-0.05, 0) is 81.5 Å². The smallest absolute Gasteiger partial charge is 0.313 e. The summed E-state index contributed by atoms with van der Waals surface area (Å²) >= 11 is 0. The molecular weight excluding hydrogens is 1940 g/mol. The van der Waals surface area contributed by atoms with Crippen LogP contribution in [-0.4, -0.2) is 353 Å². The SMILES string of the molecule is CCCCc1nc2c([nH]1)c(N)nc1cc(CCCCCNC(=O)[C@@H](CC(=O)CCOCCOCCOCCOCCOCCOCCOCCOCCOCCC(=O)Oc3c(F)c(F)cc(F)c3F)CS(=O)(=O)O)ccc12.CCCCc1nc2c([nH]1)c(N)nc1cc(CCCCCNC(=O)[C@@H](CC(=O)CCOCCOCCOCCOCCOCCOCCOCCOCCOCCC(C)=O)CS(=O)(=O)O)ccc12. The van der Waals surface area contributed by atoms with Crippen LogP contribution in [0.1, 0.15) is 146 Å². The van der Waals surface area contributed by atoms with Gasteiger partial charge in [-0.15, -0.1) is 0 Å². The molecule has 10 N–H and O–H groups in total. The van der Waals surface area contributed by atoms with Gasteiger partial charge in [-0.2, -0.15) is 25.6 Å². The standard InChI is InChI=1S/C51H73F4N5O16S.C46H75N5O15S/c1-2-3-8-43-59-47-39-10-9-36(32-42(39)58-50(56)48(47)60-43)7-5-4-6-13-57-51(63)37(35-77(64,65)66)33-38(61)11-14-67-16-18-69-20-22-71-24-26-73-28-30-75-31-29-74-27-25-72-23-21-70-19-17-68-15-12-44(62)76-49-45(54)40(52)34-41(53)46(49)55;1-3-4-9-42-50-43-40-11-10-37(33-41(40)49-45(47)44(43)51-42)8-6-5-7-14-48-46(54)38(35-67(55,56)57)34-39(53)13-16-59-18-20-61-22-24-63-26-28-65-30-32-66-31-29-64-27-25-62-23-21-60-19-17-58-15-12-36(2)52/h9-10,32,34,37H,2-8,11-31,33,35H2,1H3,(H2,56,58)(H,57,63)(H,59,60)(H,64,65,66);10-11,33,38H,3-9,12-32,34-35H2,1-2H3,(H2,47,49)(H,48,54)(H,50,51)(H,55,56,57)/t37-;38-/m00/s1. The number of aromatic nitrogens is 6. The number of rotatable bonds is 89. The number of unbranched alkanes of at least 4 members (excludes halogenated alkanes) is 6. The topological polar surface area (TPSA) is 546 Å². The van der Waals surface area contributed by atoms with Gasteiger partial charge in [0.15, 0.2) is 11.6 Å². The minimum Gasteiger partial charge on any atom is -0.420 e. The number of hydrogen-bond acceptors (Lipinski definition) is 35. The molecule has 0 unspecified atom stereocenters. The highest BCUT2D eigenvalue weighted by molar-refractivity contribution is 7.86. The van der Waals surface area contributed by atoms with Crippen LogP contribution in [0.4, 0.5) is 29.2 Å². The number of aromatic amines is 2. The number of anilines is 2. The molecule has 0 saturated heterocycles. The van der Waals surface area contributed by atoms with E-state index in [9.17, 15) is 72.3 Å². The Morgan fingerprint density at radius 2 is 0.653 bits per heavy atom. The van der Waals surface area contributed by atoms with E-state index in [1.54, 1.807) is 0 Å². The molecule has 3 aromatic carbocycles. The second kappa shape index (κ2) is 75.0. The predicted octanol–water partition coefficient (Wildman–Crippen LogP) is 9.27. The second-order valence-electron chi connectivity index (χ2n) is 33.3. The van der Waals surface area contributed by atoms with Crippen molar-refractivity contribution in [1.82, 2.24) is 40.5 Å². The molecular formula is C97H148F4N10O31S2. The van der Waals surface area contributed by atoms with Crippen molar-refractivity contribution in [2.75, 3.05) is 274 Å². The van der Waals surface area contributed by atoms with Crippen LogP contribution >= 0.6 is 0 Å². The fourth-order valence-corrected chi connectivity index (χ4v) is 15.5. The average molecular weight is 2090 g/mol. The maximum atomic E-state index is 13.6. The van der Waals surface area contributed by atoms with Gasteiger partial charge in [0.25, 0.3) is 20.2 Å². The average Bonchev–Trinajstić information content (AvgIpc) is 1.20. The lowest BCUT2D eigenvalue weighted by Crippen LogP contribution is -2.36. The highest BCUT2D eigenvalue weighted by Crippen LogP contribution is 2.31. The van der Waals surface area contributed by atoms with Crippen LogP contribution in [0.3, 0.4) is 0 Å². The van der Waals surface area contributed by atoms with E-state index in [0.29, 0.717) is 209 Å². The summed E-state index contributed by atoms with van der Waals surface area (Å²) in [6.45, 7) is 18.2. The molecule has 0 fully saturated rings. The number of ketones is 3. The fourth-order valence-electron chi connectivity index (χ4n) is 13.9. The summed E-state index contributed by atoms with van der Waals surface area (Å²) < 4.78 is 221. The summed E-state index contributed by atoms with van der Waals surface area (Å²) in [6, 6.07) is 12.2. The van der Waals surface area contributed by atoms with Gasteiger partial charge in [0.2, 0.25) is 29.2 Å². The molecule has 0 aliphatic heterocycles. The van der Waals surface area contributed by atoms with Crippen molar-refractivity contribution in [3.8, 4) is 5.75 Å². The van der Waals surface area contributed by atoms with Crippen molar-refractivity contribution in [3.63, 3.8) is 0 Å². The maximum absolute atomic E-state index is 13.6. The van der Waals surface area contributed by atoms with E-state index >= 15 is 0 Å². The van der Waals surface area contributed by atoms with Crippen molar-refractivity contribution in [1.29, 1.82) is 0 Å². The van der Waals surface area contributed by atoms with E-state index in [1.807, 2.05) is 24.3 Å². The third kappa shape index (κ3) is 55.3. The van der Waals surface area contributed by atoms with Gasteiger partial charge < -0.3 is 122 Å². The molecule has 47 heteroatoms. The monoisotopic (exact) mass is 2090 g/mol. The van der Waals surface area contributed by atoms with Crippen molar-refractivity contribution >= 4 is 111 Å². The quantitative estimate of drug-likeness (QED) is 0.00439. The Kier molecular flexibility index (Phi) is 64.6. The van der Waals surface area contributed by atoms with Gasteiger partial charge in [-0.3, -0.25) is 37.9 Å². The normalized spacial score (nSPS) is 12.3. The third-order valence-electron chi connectivity index (χ3n) is 21.4. The van der Waals surface area contributed by atoms with Crippen molar-refractivity contribution < 1.29 is 162 Å². The highest BCUT2D eigenvalue weighted by Gasteiger charge is 2.30. The molecule has 2 atom stereocenters. The third-order valence-corrected chi connectivity index (χ3v) is 23.1. The zero-order valence-corrected chi connectivity index (χ0v) is 84.8. The van der Waals surface area contributed by atoms with Crippen molar-refractivity contribution in [2.45, 2.75) is 149 Å². The summed E-state index contributed by atoms with van der Waals surface area (Å²) in [5, 5.41) is 7.32. The maximum Gasteiger partial charge on any atom is 0.313 e. The highest BCUT2D eigenvalue weighted by atomic mass is 32.2. The Hall–Kier alpha value is -8.74. The first kappa shape index (κ1) is 124. The Bertz CT molecular complexity index is 5050. The summed E-state index contributed by atoms with van der Waals surface area (Å²) in [5.41, 5.74) is 19.5. The number of nitrogens with two attached hydrogens (primary N) is 2. The largest absolute Gasteiger partial charge is 0.420 e. The Morgan fingerprint density at radius 1 is 0.368 bits per heavy atom. The Balaban J connectivity index is 0.000000445. The molecule has 7 rings (SSSR count). The first-order chi connectivity index (χ1) is 69.6. The van der Waals surface area contributed by atoms with Crippen LogP contribution in [0.5, 0.6) is 5.75 Å². The van der Waals surface area contributed by atoms with E-state index in [-0.39, 0.29) is 122 Å². The molecule has 4 aromatic heterocycles. The van der Waals surface area contributed by atoms with Crippen molar-refractivity contribution in [3.05, 3.63) is 88.5 Å². The van der Waals surface area contributed by atoms with Crippen LogP contribution in [0.25, 0.3) is 43.9 Å². The van der Waals surface area contributed by atoms with E-state index in [2.05, 4.69) is 61.3 Å². The minimum atomic E-state index is -4.52. The van der Waals surface area contributed by atoms with Gasteiger partial charge in [-0.25, -0.2) is 28.7 Å². The zero-order valence-electron chi connectivity index (χ0n) is 83.1. The molecule has 0 bridgehead atoms. The van der Waals surface area contributed by atoms with Crippen LogP contribution in [0.2, 0.25) is 0 Å². The fraction of sp³-hybridized carbons (Fsp3) is 0.670. The van der Waals surface area contributed by atoms with Crippen molar-refractivity contribution in [2.24, 2.45) is 11.8 Å². The van der Waals surface area contributed by atoms with Gasteiger partial charge >= 0.3 is 5.97 Å². The molecule has 144 heavy (non-hydrogen) atoms. The number of fused-ring (bicyclic) bond motifs is 6. The number of Topliss-reactive ketones (excluding diaryl/α,β-unsaturated/α-hetero) is 3. The number of carbonyl (C=O) groups is 6. The molecule has 2 amide bonds. The van der Waals surface area contributed by atoms with Crippen LogP contribution in [0.15, 0.2) is 42.5 Å². The van der Waals surface area contributed by atoms with E-state index in [1.165, 1.54) is 6.92 Å². The predicted molar refractivity (Wildman–Crippen MR) is 525 cm³/mol. The molecule has 0 aliphatic carbocycles. The zero-order chi connectivity index (χ0) is 104. The molecule has 812 valence electrons. The molecule has 4 heterocycles. The number of H-pyrrole nitrogens is 2. The number of amides is 2. The Morgan fingerprint density at radius 3 is 0.938 bits per heavy atom. The van der Waals surface area contributed by atoms with Crippen LogP contribution < -0.4 is 26.8 Å². The number of halogens is 4. The number of hydrogen-bond donors (Lipinski definition) is 8. The molecule has 7 aromatic rings. The first-order valence-corrected chi connectivity index (χ1v) is 52.4. The van der Waals surface area contributed by atoms with Gasteiger partial charge in [0, 0.05) is 74.9 Å². The van der Waals surface area contributed by atoms with Gasteiger partial charge in [-0.1, -0.05) is 63.8 Å². The lowest BCUT2D eigenvalue weighted by atomic mass is 10.0. The van der Waals surface area contributed by atoms with E-state index in [4.69, 9.17) is 107 Å². The number of nitrogens with zero attached hydrogens (tertiary/aromatic N) is 4. The summed E-state index contributed by atoms with van der Waals surface area (Å²) in [5.74, 6) is -12.9. The molecule has 0 aliphatic rings. The minimum absolute atomic E-state index is 0.00766. The lowest BCUT2D eigenvalue weighted by Gasteiger charge is -2.15. The number of ether oxygens (including phenoxy) is 19. The number of carbonyl (C=O) groups excluding carboxylic acids is 6. The second-order valence-corrected chi connectivity index (χ2v) is 36.3. The number of esters is 1. The summed E-state index contributed by atoms with van der Waals surface area (Å²) in [4.78, 5) is 99.0. The van der Waals surface area contributed by atoms with Crippen LogP contribution in [0, 0.1) is 35.1 Å². The number of nitrogen functional groups attached to an aromatic ring is 2. The molecule has 0 saturated carbocycles. The molecule has 41 nitrogen and oxygen atoms in total. The number of benzene rings is 3. The first-order valence-electron chi connectivity index (χ1n) is 49.2. The van der Waals surface area contributed by atoms with E-state index < -0.39 is 96.8 Å². The summed E-state index contributed by atoms with van der Waals surface area (Å²) in [6.07, 6.45) is 11.3. The number of imidazole rings is 2. The van der Waals surface area contributed by atoms with Gasteiger partial charge in [0.05, 0.1) is 279 Å². The molecule has 0 radical (unpaired) electrons. The number of aryl methyl sites for hydroxylation is 4. The number of pyridine rings is 2. The van der Waals surface area contributed by atoms with E-state index in [0.717, 1.165) is 144 Å². The number of nitrogens with one attached hydrogen (secondary N) is 4. The Labute approximate surface area is 838 Å². The molecule has 0 spiro atoms.